The Bertz CT molecular complexity index is 565. The zero-order chi connectivity index (χ0) is 12.6. The molecule has 2 rings (SSSR count). The summed E-state index contributed by atoms with van der Waals surface area (Å²) in [4.78, 5) is 4.34. The third-order valence-corrected chi connectivity index (χ3v) is 3.14. The first-order valence-corrected chi connectivity index (χ1v) is 5.91. The van der Waals surface area contributed by atoms with Gasteiger partial charge in [-0.05, 0) is 34.1 Å². The van der Waals surface area contributed by atoms with Crippen LogP contribution in [0.2, 0.25) is 0 Å². The smallest absolute Gasteiger partial charge is 0.150 e. The van der Waals surface area contributed by atoms with Crippen LogP contribution >= 0.6 is 15.9 Å². The van der Waals surface area contributed by atoms with Crippen LogP contribution in [-0.2, 0) is 6.42 Å². The van der Waals surface area contributed by atoms with E-state index in [0.29, 0.717) is 28.2 Å². The number of nitrogens with two attached hydrogens (primary N) is 2. The van der Waals surface area contributed by atoms with Crippen molar-refractivity contribution in [3.05, 3.63) is 34.3 Å². The van der Waals surface area contributed by atoms with Gasteiger partial charge < -0.3 is 11.6 Å². The van der Waals surface area contributed by atoms with E-state index in [-0.39, 0.29) is 5.82 Å². The van der Waals surface area contributed by atoms with Crippen molar-refractivity contribution in [2.75, 3.05) is 11.6 Å². The van der Waals surface area contributed by atoms with Crippen molar-refractivity contribution in [3.63, 3.8) is 0 Å². The van der Waals surface area contributed by atoms with Gasteiger partial charge in [-0.15, -0.1) is 0 Å². The van der Waals surface area contributed by atoms with Gasteiger partial charge in [0, 0.05) is 12.0 Å². The maximum absolute atomic E-state index is 13.1. The van der Waals surface area contributed by atoms with Crippen molar-refractivity contribution in [1.29, 1.82) is 0 Å². The van der Waals surface area contributed by atoms with Crippen molar-refractivity contribution in [3.8, 4) is 11.3 Å². The molecule has 6 heteroatoms. The van der Waals surface area contributed by atoms with Gasteiger partial charge in [-0.25, -0.2) is 14.1 Å². The van der Waals surface area contributed by atoms with Crippen LogP contribution in [0.15, 0.2) is 22.7 Å². The first-order chi connectivity index (χ1) is 8.04. The molecule has 90 valence electrons. The van der Waals surface area contributed by atoms with Crippen molar-refractivity contribution >= 4 is 21.7 Å². The van der Waals surface area contributed by atoms with E-state index in [4.69, 9.17) is 11.6 Å². The number of hydrogen-bond donors (Lipinski definition) is 2. The molecule has 0 saturated carbocycles. The van der Waals surface area contributed by atoms with Crippen LogP contribution in [0.1, 0.15) is 12.7 Å². The lowest BCUT2D eigenvalue weighted by atomic mass is 10.1. The molecule has 0 aliphatic rings. The molecule has 0 atom stereocenters. The lowest BCUT2D eigenvalue weighted by Crippen LogP contribution is -2.14. The third kappa shape index (κ3) is 2.00. The van der Waals surface area contributed by atoms with Crippen molar-refractivity contribution in [1.82, 2.24) is 9.66 Å². The number of benzene rings is 1. The highest BCUT2D eigenvalue weighted by Gasteiger charge is 2.14. The Kier molecular flexibility index (Phi) is 3.06. The van der Waals surface area contributed by atoms with Gasteiger partial charge in [-0.1, -0.05) is 6.92 Å². The van der Waals surface area contributed by atoms with Crippen LogP contribution < -0.4 is 11.6 Å². The van der Waals surface area contributed by atoms with E-state index in [1.54, 1.807) is 12.1 Å². The topological polar surface area (TPSA) is 69.9 Å². The minimum atomic E-state index is -0.324. The molecule has 0 aliphatic carbocycles. The normalized spacial score (nSPS) is 10.8. The average molecular weight is 299 g/mol. The van der Waals surface area contributed by atoms with E-state index in [1.807, 2.05) is 6.92 Å². The Morgan fingerprint density at radius 1 is 1.47 bits per heavy atom. The SMILES string of the molecule is CCc1nc(-c2ccc(F)c(Br)c2)c(N)n1N. The van der Waals surface area contributed by atoms with Gasteiger partial charge >= 0.3 is 0 Å². The lowest BCUT2D eigenvalue weighted by Gasteiger charge is -2.01. The number of halogens is 2. The maximum atomic E-state index is 13.1. The second-order valence-electron chi connectivity index (χ2n) is 3.61. The average Bonchev–Trinajstić information content (AvgIpc) is 2.60. The number of nitrogens with zero attached hydrogens (tertiary/aromatic N) is 2. The highest BCUT2D eigenvalue weighted by Crippen LogP contribution is 2.28. The van der Waals surface area contributed by atoms with Gasteiger partial charge in [-0.2, -0.15) is 0 Å². The molecular weight excluding hydrogens is 287 g/mol. The molecule has 0 bridgehead atoms. The number of aromatic nitrogens is 2. The van der Waals surface area contributed by atoms with E-state index < -0.39 is 0 Å². The lowest BCUT2D eigenvalue weighted by molar-refractivity contribution is 0.621. The monoisotopic (exact) mass is 298 g/mol. The van der Waals surface area contributed by atoms with Crippen LogP contribution in [-0.4, -0.2) is 9.66 Å². The number of aryl methyl sites for hydroxylation is 1. The first kappa shape index (κ1) is 11.9. The summed E-state index contributed by atoms with van der Waals surface area (Å²) in [6, 6.07) is 4.62. The second-order valence-corrected chi connectivity index (χ2v) is 4.47. The Hall–Kier alpha value is -1.56. The molecule has 0 aliphatic heterocycles. The fourth-order valence-electron chi connectivity index (χ4n) is 1.60. The fourth-order valence-corrected chi connectivity index (χ4v) is 1.98. The molecule has 0 fully saturated rings. The molecule has 4 nitrogen and oxygen atoms in total. The molecule has 0 saturated heterocycles. The summed E-state index contributed by atoms with van der Waals surface area (Å²) in [6.45, 7) is 1.94. The van der Waals surface area contributed by atoms with Crippen LogP contribution in [0.25, 0.3) is 11.3 Å². The second kappa shape index (κ2) is 4.37. The molecule has 4 N–H and O–H groups in total. The summed E-state index contributed by atoms with van der Waals surface area (Å²) >= 11 is 3.13. The number of imidazole rings is 1. The van der Waals surface area contributed by atoms with Crippen molar-refractivity contribution < 1.29 is 4.39 Å². The molecule has 1 heterocycles. The molecule has 0 spiro atoms. The van der Waals surface area contributed by atoms with Gasteiger partial charge in [0.25, 0.3) is 0 Å². The van der Waals surface area contributed by atoms with Gasteiger partial charge in [0.2, 0.25) is 0 Å². The molecule has 2 aromatic rings. The Balaban J connectivity index is 2.56. The number of anilines is 1. The van der Waals surface area contributed by atoms with E-state index in [1.165, 1.54) is 10.7 Å². The predicted octanol–water partition coefficient (Wildman–Crippen LogP) is 2.31. The highest BCUT2D eigenvalue weighted by molar-refractivity contribution is 9.10. The summed E-state index contributed by atoms with van der Waals surface area (Å²) in [7, 11) is 0. The molecule has 17 heavy (non-hydrogen) atoms. The van der Waals surface area contributed by atoms with Crippen LogP contribution in [0.3, 0.4) is 0 Å². The van der Waals surface area contributed by atoms with Crippen LogP contribution in [0.5, 0.6) is 0 Å². The minimum Gasteiger partial charge on any atom is -0.382 e. The van der Waals surface area contributed by atoms with Crippen molar-refractivity contribution in [2.45, 2.75) is 13.3 Å². The number of nitrogen functional groups attached to an aromatic ring is 2. The van der Waals surface area contributed by atoms with Crippen molar-refractivity contribution in [2.24, 2.45) is 0 Å². The van der Waals surface area contributed by atoms with Gasteiger partial charge in [0.1, 0.15) is 17.3 Å². The maximum Gasteiger partial charge on any atom is 0.150 e. The Labute approximate surface area is 107 Å². The molecule has 0 unspecified atom stereocenters. The highest BCUT2D eigenvalue weighted by atomic mass is 79.9. The van der Waals surface area contributed by atoms with Crippen LogP contribution in [0, 0.1) is 5.82 Å². The summed E-state index contributed by atoms with van der Waals surface area (Å²) in [5, 5.41) is 0. The quantitative estimate of drug-likeness (QED) is 0.836. The van der Waals surface area contributed by atoms with E-state index >= 15 is 0 Å². The molecule has 1 aromatic carbocycles. The first-order valence-electron chi connectivity index (χ1n) is 5.12. The van der Waals surface area contributed by atoms with Gasteiger partial charge in [0.15, 0.2) is 5.82 Å². The summed E-state index contributed by atoms with van der Waals surface area (Å²) < 4.78 is 14.9. The summed E-state index contributed by atoms with van der Waals surface area (Å²) in [5.74, 6) is 6.51. The minimum absolute atomic E-state index is 0.324. The Morgan fingerprint density at radius 3 is 2.71 bits per heavy atom. The zero-order valence-electron chi connectivity index (χ0n) is 9.24. The summed E-state index contributed by atoms with van der Waals surface area (Å²) in [5.41, 5.74) is 7.17. The van der Waals surface area contributed by atoms with Crippen LogP contribution in [0.4, 0.5) is 10.2 Å². The standard InChI is InChI=1S/C11H12BrFN4/c1-2-9-16-10(11(14)17(9)15)6-3-4-8(13)7(12)5-6/h3-5H,2,14-15H2,1H3. The molecule has 0 amide bonds. The van der Waals surface area contributed by atoms with Gasteiger partial charge in [-0.3, -0.25) is 0 Å². The third-order valence-electron chi connectivity index (χ3n) is 2.53. The molecule has 1 aromatic heterocycles. The van der Waals surface area contributed by atoms with E-state index in [9.17, 15) is 4.39 Å². The van der Waals surface area contributed by atoms with E-state index in [0.717, 1.165) is 5.56 Å². The predicted molar refractivity (Wildman–Crippen MR) is 69.3 cm³/mol. The molecular formula is C11H12BrFN4. The van der Waals surface area contributed by atoms with E-state index in [2.05, 4.69) is 20.9 Å². The Morgan fingerprint density at radius 2 is 2.18 bits per heavy atom. The largest absolute Gasteiger partial charge is 0.382 e. The zero-order valence-corrected chi connectivity index (χ0v) is 10.8. The molecule has 0 radical (unpaired) electrons. The fraction of sp³-hybridized carbons (Fsp3) is 0.182. The number of rotatable bonds is 2. The summed E-state index contributed by atoms with van der Waals surface area (Å²) in [6.07, 6.45) is 0.684. The number of hydrogen-bond acceptors (Lipinski definition) is 3. The van der Waals surface area contributed by atoms with Gasteiger partial charge in [0.05, 0.1) is 4.47 Å².